The standard InChI is InChI=1S/C18H32N2/c1-3-4-5-6-7-8-9-13-20(2)16-18-12-10-11-17(14-18)15-19/h10-12,14H,3-9,13,15-16,19H2,1-2H3. The van der Waals surface area contributed by atoms with E-state index in [0.29, 0.717) is 6.54 Å². The maximum absolute atomic E-state index is 5.68. The summed E-state index contributed by atoms with van der Waals surface area (Å²) in [7, 11) is 2.21. The van der Waals surface area contributed by atoms with Crippen LogP contribution in [0.3, 0.4) is 0 Å². The van der Waals surface area contributed by atoms with E-state index >= 15 is 0 Å². The lowest BCUT2D eigenvalue weighted by Crippen LogP contribution is -2.19. The van der Waals surface area contributed by atoms with E-state index in [1.807, 2.05) is 0 Å². The van der Waals surface area contributed by atoms with Gasteiger partial charge in [0.15, 0.2) is 0 Å². The molecule has 0 aliphatic carbocycles. The molecule has 0 bridgehead atoms. The topological polar surface area (TPSA) is 29.3 Å². The molecular formula is C18H32N2. The molecule has 0 heterocycles. The summed E-state index contributed by atoms with van der Waals surface area (Å²) in [4.78, 5) is 2.42. The van der Waals surface area contributed by atoms with Gasteiger partial charge in [0.05, 0.1) is 0 Å². The Labute approximate surface area is 125 Å². The van der Waals surface area contributed by atoms with Crippen LogP contribution in [0.2, 0.25) is 0 Å². The quantitative estimate of drug-likeness (QED) is 0.610. The smallest absolute Gasteiger partial charge is 0.0230 e. The van der Waals surface area contributed by atoms with Crippen LogP contribution in [-0.2, 0) is 13.1 Å². The van der Waals surface area contributed by atoms with Gasteiger partial charge in [-0.15, -0.1) is 0 Å². The number of unbranched alkanes of at least 4 members (excludes halogenated alkanes) is 6. The Morgan fingerprint density at radius 2 is 1.60 bits per heavy atom. The fourth-order valence-electron chi connectivity index (χ4n) is 2.58. The van der Waals surface area contributed by atoms with E-state index in [1.165, 1.54) is 62.6 Å². The molecule has 0 aliphatic rings. The van der Waals surface area contributed by atoms with E-state index in [0.717, 1.165) is 6.54 Å². The highest BCUT2D eigenvalue weighted by molar-refractivity contribution is 5.23. The van der Waals surface area contributed by atoms with Crippen molar-refractivity contribution in [2.75, 3.05) is 13.6 Å². The lowest BCUT2D eigenvalue weighted by Gasteiger charge is -2.17. The molecule has 1 aromatic carbocycles. The molecule has 0 saturated heterocycles. The molecule has 0 fully saturated rings. The molecular weight excluding hydrogens is 244 g/mol. The third-order valence-corrected chi connectivity index (χ3v) is 3.82. The molecule has 0 atom stereocenters. The van der Waals surface area contributed by atoms with Gasteiger partial charge in [-0.05, 0) is 31.1 Å². The van der Waals surface area contributed by atoms with E-state index in [-0.39, 0.29) is 0 Å². The van der Waals surface area contributed by atoms with Crippen LogP contribution >= 0.6 is 0 Å². The fourth-order valence-corrected chi connectivity index (χ4v) is 2.58. The van der Waals surface area contributed by atoms with Crippen molar-refractivity contribution < 1.29 is 0 Å². The summed E-state index contributed by atoms with van der Waals surface area (Å²) in [5, 5.41) is 0. The summed E-state index contributed by atoms with van der Waals surface area (Å²) < 4.78 is 0. The Bertz CT molecular complexity index is 349. The first kappa shape index (κ1) is 17.2. The predicted molar refractivity (Wildman–Crippen MR) is 88.7 cm³/mol. The van der Waals surface area contributed by atoms with Gasteiger partial charge in [0.25, 0.3) is 0 Å². The summed E-state index contributed by atoms with van der Waals surface area (Å²) in [6.45, 7) is 5.13. The highest BCUT2D eigenvalue weighted by Gasteiger charge is 2.01. The number of nitrogens with zero attached hydrogens (tertiary/aromatic N) is 1. The van der Waals surface area contributed by atoms with Crippen molar-refractivity contribution in [1.82, 2.24) is 4.90 Å². The molecule has 2 N–H and O–H groups in total. The fraction of sp³-hybridized carbons (Fsp3) is 0.667. The molecule has 0 saturated carbocycles. The first-order valence-corrected chi connectivity index (χ1v) is 8.22. The van der Waals surface area contributed by atoms with E-state index in [2.05, 4.69) is 43.1 Å². The minimum absolute atomic E-state index is 0.634. The zero-order valence-corrected chi connectivity index (χ0v) is 13.4. The first-order valence-electron chi connectivity index (χ1n) is 8.22. The Hall–Kier alpha value is -0.860. The van der Waals surface area contributed by atoms with Gasteiger partial charge in [-0.1, -0.05) is 69.7 Å². The van der Waals surface area contributed by atoms with Crippen LogP contribution in [0.25, 0.3) is 0 Å². The molecule has 2 nitrogen and oxygen atoms in total. The van der Waals surface area contributed by atoms with Gasteiger partial charge >= 0.3 is 0 Å². The van der Waals surface area contributed by atoms with E-state index < -0.39 is 0 Å². The maximum atomic E-state index is 5.68. The van der Waals surface area contributed by atoms with Crippen LogP contribution < -0.4 is 5.73 Å². The Morgan fingerprint density at radius 3 is 2.30 bits per heavy atom. The van der Waals surface area contributed by atoms with Gasteiger partial charge in [-0.25, -0.2) is 0 Å². The van der Waals surface area contributed by atoms with Crippen molar-refractivity contribution >= 4 is 0 Å². The minimum atomic E-state index is 0.634. The molecule has 114 valence electrons. The maximum Gasteiger partial charge on any atom is 0.0230 e. The van der Waals surface area contributed by atoms with Gasteiger partial charge in [-0.3, -0.25) is 0 Å². The SMILES string of the molecule is CCCCCCCCCN(C)Cc1cccc(CN)c1. The van der Waals surface area contributed by atoms with Crippen LogP contribution in [0.4, 0.5) is 0 Å². The van der Waals surface area contributed by atoms with Crippen molar-refractivity contribution in [1.29, 1.82) is 0 Å². The second kappa shape index (κ2) is 10.9. The van der Waals surface area contributed by atoms with Crippen LogP contribution in [0.5, 0.6) is 0 Å². The van der Waals surface area contributed by atoms with Gasteiger partial charge in [0, 0.05) is 13.1 Å². The number of hydrogen-bond acceptors (Lipinski definition) is 2. The lowest BCUT2D eigenvalue weighted by atomic mass is 10.1. The average molecular weight is 276 g/mol. The largest absolute Gasteiger partial charge is 0.326 e. The molecule has 0 radical (unpaired) electrons. The van der Waals surface area contributed by atoms with Crippen LogP contribution in [0, 0.1) is 0 Å². The summed E-state index contributed by atoms with van der Waals surface area (Å²) in [6, 6.07) is 8.63. The second-order valence-corrected chi connectivity index (χ2v) is 5.88. The number of hydrogen-bond donors (Lipinski definition) is 1. The molecule has 1 rings (SSSR count). The third-order valence-electron chi connectivity index (χ3n) is 3.82. The van der Waals surface area contributed by atoms with E-state index in [9.17, 15) is 0 Å². The van der Waals surface area contributed by atoms with Crippen molar-refractivity contribution in [2.45, 2.75) is 65.0 Å². The highest BCUT2D eigenvalue weighted by Crippen LogP contribution is 2.10. The predicted octanol–water partition coefficient (Wildman–Crippen LogP) is 4.33. The summed E-state index contributed by atoms with van der Waals surface area (Å²) in [6.07, 6.45) is 9.66. The second-order valence-electron chi connectivity index (χ2n) is 5.88. The average Bonchev–Trinajstić information content (AvgIpc) is 2.46. The van der Waals surface area contributed by atoms with Crippen LogP contribution in [0.15, 0.2) is 24.3 Å². The molecule has 0 spiro atoms. The molecule has 0 aromatic heterocycles. The summed E-state index contributed by atoms with van der Waals surface area (Å²) >= 11 is 0. The zero-order valence-electron chi connectivity index (χ0n) is 13.4. The van der Waals surface area contributed by atoms with Gasteiger partial charge in [-0.2, -0.15) is 0 Å². The van der Waals surface area contributed by atoms with Gasteiger partial charge < -0.3 is 10.6 Å². The molecule has 0 unspecified atom stereocenters. The molecule has 0 aliphatic heterocycles. The van der Waals surface area contributed by atoms with E-state index in [1.54, 1.807) is 0 Å². The van der Waals surface area contributed by atoms with E-state index in [4.69, 9.17) is 5.73 Å². The Kier molecular flexibility index (Phi) is 9.35. The Balaban J connectivity index is 2.12. The van der Waals surface area contributed by atoms with Gasteiger partial charge in [0.2, 0.25) is 0 Å². The van der Waals surface area contributed by atoms with Gasteiger partial charge in [0.1, 0.15) is 0 Å². The Morgan fingerprint density at radius 1 is 0.950 bits per heavy atom. The lowest BCUT2D eigenvalue weighted by molar-refractivity contribution is 0.316. The van der Waals surface area contributed by atoms with Crippen LogP contribution in [0.1, 0.15) is 63.0 Å². The number of nitrogens with two attached hydrogens (primary N) is 1. The third kappa shape index (κ3) is 7.66. The molecule has 1 aromatic rings. The van der Waals surface area contributed by atoms with Crippen molar-refractivity contribution in [3.05, 3.63) is 35.4 Å². The van der Waals surface area contributed by atoms with Crippen LogP contribution in [-0.4, -0.2) is 18.5 Å². The summed E-state index contributed by atoms with van der Waals surface area (Å²) in [5.74, 6) is 0. The normalized spacial score (nSPS) is 11.2. The van der Waals surface area contributed by atoms with Crippen molar-refractivity contribution in [2.24, 2.45) is 5.73 Å². The zero-order chi connectivity index (χ0) is 14.6. The highest BCUT2D eigenvalue weighted by atomic mass is 15.1. The molecule has 0 amide bonds. The van der Waals surface area contributed by atoms with Crippen molar-refractivity contribution in [3.8, 4) is 0 Å². The summed E-state index contributed by atoms with van der Waals surface area (Å²) in [5.41, 5.74) is 8.29. The number of rotatable bonds is 11. The molecule has 2 heteroatoms. The number of benzene rings is 1. The monoisotopic (exact) mass is 276 g/mol. The van der Waals surface area contributed by atoms with Crippen molar-refractivity contribution in [3.63, 3.8) is 0 Å². The minimum Gasteiger partial charge on any atom is -0.326 e. The first-order chi connectivity index (χ1) is 9.76. The molecule has 20 heavy (non-hydrogen) atoms.